The van der Waals surface area contributed by atoms with Gasteiger partial charge in [-0.25, -0.2) is 0 Å². The van der Waals surface area contributed by atoms with Crippen LogP contribution in [-0.2, 0) is 0 Å². The van der Waals surface area contributed by atoms with E-state index in [0.717, 1.165) is 5.56 Å². The summed E-state index contributed by atoms with van der Waals surface area (Å²) in [7, 11) is 0. The number of hydrogen-bond acceptors (Lipinski definition) is 0. The van der Waals surface area contributed by atoms with Crippen molar-refractivity contribution in [2.75, 3.05) is 0 Å². The van der Waals surface area contributed by atoms with Crippen LogP contribution in [0, 0.1) is 6.92 Å². The van der Waals surface area contributed by atoms with Crippen LogP contribution in [0.2, 0.25) is 0 Å². The first-order valence-electron chi connectivity index (χ1n) is 2.26. The predicted octanol–water partition coefficient (Wildman–Crippen LogP) is -1.66. The molecular formula is C7H9ClMg2. The monoisotopic (exact) mass is 176 g/mol. The Bertz CT molecular complexity index is 149. The Hall–Kier alpha value is 0.912. The molecule has 0 heterocycles. The number of hydrogen-bond donors (Lipinski definition) is 0. The summed E-state index contributed by atoms with van der Waals surface area (Å²) < 4.78 is 0. The van der Waals surface area contributed by atoms with E-state index in [0.29, 0.717) is 0 Å². The third-order valence-electron chi connectivity index (χ3n) is 0.843. The molecule has 0 aliphatic rings. The van der Waals surface area contributed by atoms with Crippen LogP contribution in [0.4, 0.5) is 0 Å². The van der Waals surface area contributed by atoms with Crippen molar-refractivity contribution in [1.82, 2.24) is 0 Å². The van der Waals surface area contributed by atoms with Gasteiger partial charge < -0.3 is 15.3 Å². The maximum absolute atomic E-state index is 3.72. The minimum absolute atomic E-state index is 0. The van der Waals surface area contributed by atoms with Gasteiger partial charge in [-0.1, -0.05) is 6.07 Å². The molecule has 3 heteroatoms. The molecule has 0 saturated heterocycles. The summed E-state index contributed by atoms with van der Waals surface area (Å²) in [5, 5.41) is 0. The Morgan fingerprint density at radius 2 is 1.40 bits per heavy atom. The summed E-state index contributed by atoms with van der Waals surface area (Å²) in [6.07, 6.45) is 0. The molecule has 0 bridgehead atoms. The van der Waals surface area contributed by atoms with Crippen molar-refractivity contribution in [2.45, 2.75) is 0 Å². The van der Waals surface area contributed by atoms with E-state index in [-0.39, 0.29) is 61.4 Å². The molecule has 0 saturated carbocycles. The molecule has 1 rings (SSSR count). The second-order valence-electron chi connectivity index (χ2n) is 1.49. The van der Waals surface area contributed by atoms with Crippen LogP contribution in [0.5, 0.6) is 0 Å². The van der Waals surface area contributed by atoms with Crippen molar-refractivity contribution in [1.29, 1.82) is 0 Å². The maximum Gasteiger partial charge on any atom is 2.00 e. The molecule has 0 fully saturated rings. The molecule has 0 aromatic heterocycles. The molecule has 1 aromatic carbocycles. The van der Waals surface area contributed by atoms with Crippen molar-refractivity contribution in [2.24, 2.45) is 0 Å². The summed E-state index contributed by atoms with van der Waals surface area (Å²) in [4.78, 5) is 0. The first kappa shape index (κ1) is 17.1. The molecule has 0 N–H and O–H groups in total. The predicted molar refractivity (Wildman–Crippen MR) is 44.6 cm³/mol. The summed E-state index contributed by atoms with van der Waals surface area (Å²) in [6, 6.07) is 9.87. The van der Waals surface area contributed by atoms with Crippen LogP contribution in [0.15, 0.2) is 30.3 Å². The third kappa shape index (κ3) is 7.02. The van der Waals surface area contributed by atoms with Crippen LogP contribution in [-0.4, -0.2) is 46.1 Å². The van der Waals surface area contributed by atoms with Crippen molar-refractivity contribution in [3.05, 3.63) is 42.8 Å². The Morgan fingerprint density at radius 3 is 1.60 bits per heavy atom. The Labute approximate surface area is 103 Å². The van der Waals surface area contributed by atoms with Gasteiger partial charge in [0.05, 0.1) is 0 Å². The normalized spacial score (nSPS) is 6.00. The van der Waals surface area contributed by atoms with E-state index in [2.05, 4.69) is 6.92 Å². The van der Waals surface area contributed by atoms with Crippen molar-refractivity contribution in [3.8, 4) is 0 Å². The second kappa shape index (κ2) is 9.91. The molecule has 0 aliphatic carbocycles. The fraction of sp³-hybridized carbons (Fsp3) is 0. The van der Waals surface area contributed by atoms with Gasteiger partial charge in [-0.05, 0) is 0 Å². The molecule has 0 nitrogen and oxygen atoms in total. The van der Waals surface area contributed by atoms with E-state index in [1.54, 1.807) is 0 Å². The zero-order valence-electron chi connectivity index (χ0n) is 7.89. The molecule has 0 spiro atoms. The van der Waals surface area contributed by atoms with Gasteiger partial charge in [-0.15, -0.1) is 12.1 Å². The molecule has 0 aliphatic heterocycles. The summed E-state index contributed by atoms with van der Waals surface area (Å²) in [5.74, 6) is 0. The standard InChI is InChI=1S/C7H7.ClH.2Mg.2H/c1-7-5-3-2-4-6-7;;;;;/h2-6H,1H2;1H;;;;/q-1;;2*+2;2*-1/p-1. The van der Waals surface area contributed by atoms with Crippen LogP contribution in [0.3, 0.4) is 0 Å². The van der Waals surface area contributed by atoms with E-state index in [9.17, 15) is 0 Å². The Balaban J connectivity index is -0.0000000327. The van der Waals surface area contributed by atoms with Crippen molar-refractivity contribution in [3.63, 3.8) is 0 Å². The van der Waals surface area contributed by atoms with Crippen LogP contribution < -0.4 is 12.4 Å². The molecule has 0 atom stereocenters. The second-order valence-corrected chi connectivity index (χ2v) is 1.49. The fourth-order valence-electron chi connectivity index (χ4n) is 0.478. The van der Waals surface area contributed by atoms with Gasteiger partial charge in [0.15, 0.2) is 0 Å². The summed E-state index contributed by atoms with van der Waals surface area (Å²) in [6.45, 7) is 3.72. The minimum atomic E-state index is 0. The fourth-order valence-corrected chi connectivity index (χ4v) is 0.478. The largest absolute Gasteiger partial charge is 2.00 e. The number of rotatable bonds is 0. The smallest absolute Gasteiger partial charge is 1.00 e. The molecule has 1 aromatic rings. The summed E-state index contributed by atoms with van der Waals surface area (Å²) in [5.41, 5.74) is 1.07. The van der Waals surface area contributed by atoms with Gasteiger partial charge in [0.25, 0.3) is 0 Å². The van der Waals surface area contributed by atoms with Crippen LogP contribution >= 0.6 is 0 Å². The summed E-state index contributed by atoms with van der Waals surface area (Å²) >= 11 is 0. The zero-order chi connectivity index (χ0) is 5.11. The topological polar surface area (TPSA) is 0 Å². The average molecular weight is 177 g/mol. The van der Waals surface area contributed by atoms with Crippen molar-refractivity contribution < 1.29 is 15.3 Å². The quantitative estimate of drug-likeness (QED) is 0.328. The molecule has 0 amide bonds. The van der Waals surface area contributed by atoms with E-state index in [4.69, 9.17) is 0 Å². The van der Waals surface area contributed by atoms with Crippen LogP contribution in [0.25, 0.3) is 0 Å². The van der Waals surface area contributed by atoms with Gasteiger partial charge in [0, 0.05) is 0 Å². The molecular weight excluding hydrogens is 168 g/mol. The Morgan fingerprint density at radius 1 is 1.00 bits per heavy atom. The molecule has 0 radical (unpaired) electrons. The number of halogens is 1. The van der Waals surface area contributed by atoms with E-state index in [1.165, 1.54) is 0 Å². The number of benzene rings is 1. The van der Waals surface area contributed by atoms with Gasteiger partial charge in [0.2, 0.25) is 0 Å². The Kier molecular flexibility index (Phi) is 17.0. The van der Waals surface area contributed by atoms with E-state index in [1.807, 2.05) is 30.3 Å². The molecule has 0 unspecified atom stereocenters. The maximum atomic E-state index is 3.72. The van der Waals surface area contributed by atoms with Crippen molar-refractivity contribution >= 4 is 46.1 Å². The average Bonchev–Trinajstić information content (AvgIpc) is 1.69. The van der Waals surface area contributed by atoms with E-state index < -0.39 is 0 Å². The van der Waals surface area contributed by atoms with E-state index >= 15 is 0 Å². The first-order valence-corrected chi connectivity index (χ1v) is 2.26. The SMILES string of the molecule is [CH2-]c1ccccc1.[Cl-].[H-].[H-].[Mg+2].[Mg+2]. The van der Waals surface area contributed by atoms with Gasteiger partial charge in [-0.3, -0.25) is 0 Å². The molecule has 10 heavy (non-hydrogen) atoms. The van der Waals surface area contributed by atoms with Crippen LogP contribution in [0.1, 0.15) is 8.42 Å². The van der Waals surface area contributed by atoms with Gasteiger partial charge in [0.1, 0.15) is 0 Å². The minimum Gasteiger partial charge on any atom is -1.00 e. The molecule has 48 valence electrons. The van der Waals surface area contributed by atoms with Gasteiger partial charge >= 0.3 is 46.1 Å². The third-order valence-corrected chi connectivity index (χ3v) is 0.843. The first-order chi connectivity index (χ1) is 3.39. The zero-order valence-corrected chi connectivity index (χ0v) is 9.47. The van der Waals surface area contributed by atoms with Gasteiger partial charge in [-0.2, -0.15) is 24.6 Å².